The van der Waals surface area contributed by atoms with Gasteiger partial charge in [-0.3, -0.25) is 0 Å². The molecule has 0 radical (unpaired) electrons. The van der Waals surface area contributed by atoms with Gasteiger partial charge in [0.2, 0.25) is 0 Å². The zero-order chi connectivity index (χ0) is 12.8. The number of nitrogens with two attached hydrogens (primary N) is 1. The summed E-state index contributed by atoms with van der Waals surface area (Å²) in [5.74, 6) is -0.375. The van der Waals surface area contributed by atoms with Crippen molar-refractivity contribution >= 4 is 5.97 Å². The van der Waals surface area contributed by atoms with E-state index in [1.54, 1.807) is 6.92 Å². The second-order valence-electron chi connectivity index (χ2n) is 2.94. The number of hydrogen-bond acceptors (Lipinski definition) is 4. The molecule has 0 unspecified atom stereocenters. The molecule has 0 amide bonds. The highest BCUT2D eigenvalue weighted by Crippen LogP contribution is 1.89. The van der Waals surface area contributed by atoms with Crippen LogP contribution in [0.15, 0.2) is 37.5 Å². The van der Waals surface area contributed by atoms with Crippen LogP contribution < -0.4 is 11.1 Å². The molecule has 0 spiro atoms. The summed E-state index contributed by atoms with van der Waals surface area (Å²) in [5, 5.41) is 3.05. The molecule has 0 aromatic heterocycles. The van der Waals surface area contributed by atoms with Crippen molar-refractivity contribution < 1.29 is 9.53 Å². The van der Waals surface area contributed by atoms with E-state index in [1.165, 1.54) is 0 Å². The van der Waals surface area contributed by atoms with E-state index >= 15 is 0 Å². The van der Waals surface area contributed by atoms with Crippen molar-refractivity contribution in [1.82, 2.24) is 5.32 Å². The SMILES string of the molecule is C=C(C)C(=O)OCCN.C=CCNCC=C. The number of nitrogens with one attached hydrogen (secondary N) is 1. The molecule has 0 rings (SSSR count). The molecule has 0 aliphatic rings. The number of rotatable bonds is 7. The average molecular weight is 226 g/mol. The van der Waals surface area contributed by atoms with Crippen molar-refractivity contribution in [2.24, 2.45) is 5.73 Å². The molecule has 92 valence electrons. The number of hydrogen-bond donors (Lipinski definition) is 2. The van der Waals surface area contributed by atoms with Crippen LogP contribution in [0, 0.1) is 0 Å². The second kappa shape index (κ2) is 13.6. The van der Waals surface area contributed by atoms with Gasteiger partial charge in [0.05, 0.1) is 0 Å². The van der Waals surface area contributed by atoms with Gasteiger partial charge in [-0.25, -0.2) is 4.79 Å². The molecular weight excluding hydrogens is 204 g/mol. The maximum absolute atomic E-state index is 10.5. The molecule has 4 heteroatoms. The molecule has 3 N–H and O–H groups in total. The summed E-state index contributed by atoms with van der Waals surface area (Å²) < 4.78 is 4.59. The molecule has 0 aliphatic carbocycles. The van der Waals surface area contributed by atoms with Crippen molar-refractivity contribution in [3.05, 3.63) is 37.5 Å². The summed E-state index contributed by atoms with van der Waals surface area (Å²) in [6.07, 6.45) is 3.65. The van der Waals surface area contributed by atoms with Gasteiger partial charge in [-0.05, 0) is 6.92 Å². The predicted octanol–water partition coefficient (Wildman–Crippen LogP) is 1.01. The Hall–Kier alpha value is -1.39. The van der Waals surface area contributed by atoms with Gasteiger partial charge in [-0.15, -0.1) is 13.2 Å². The standard InChI is InChI=1S/C6H11NO2.C6H11N/c1-5(2)6(8)9-4-3-7;1-3-5-7-6-4-2/h1,3-4,7H2,2H3;3-4,7H,1-2,5-6H2. The van der Waals surface area contributed by atoms with Crippen LogP contribution >= 0.6 is 0 Å². The summed E-state index contributed by atoms with van der Waals surface area (Å²) in [6.45, 7) is 14.4. The van der Waals surface area contributed by atoms with E-state index in [-0.39, 0.29) is 12.6 Å². The quantitative estimate of drug-likeness (QED) is 0.294. The molecule has 16 heavy (non-hydrogen) atoms. The van der Waals surface area contributed by atoms with E-state index in [2.05, 4.69) is 29.8 Å². The lowest BCUT2D eigenvalue weighted by molar-refractivity contribution is -0.138. The Labute approximate surface area is 97.9 Å². The molecule has 0 fully saturated rings. The monoisotopic (exact) mass is 226 g/mol. The van der Waals surface area contributed by atoms with Gasteiger partial charge < -0.3 is 15.8 Å². The summed E-state index contributed by atoms with van der Waals surface area (Å²) in [5.41, 5.74) is 5.48. The van der Waals surface area contributed by atoms with Gasteiger partial charge in [-0.2, -0.15) is 0 Å². The first kappa shape index (κ1) is 17.0. The average Bonchev–Trinajstić information content (AvgIpc) is 2.27. The molecule has 4 nitrogen and oxygen atoms in total. The third-order valence-corrected chi connectivity index (χ3v) is 1.28. The maximum Gasteiger partial charge on any atom is 0.333 e. The minimum atomic E-state index is -0.375. The Kier molecular flexibility index (Phi) is 14.5. The van der Waals surface area contributed by atoms with Crippen LogP contribution in [0.3, 0.4) is 0 Å². The van der Waals surface area contributed by atoms with E-state index in [0.29, 0.717) is 12.1 Å². The van der Waals surface area contributed by atoms with Gasteiger partial charge >= 0.3 is 5.97 Å². The lowest BCUT2D eigenvalue weighted by Gasteiger charge is -1.99. The smallest absolute Gasteiger partial charge is 0.333 e. The second-order valence-corrected chi connectivity index (χ2v) is 2.94. The fraction of sp³-hybridized carbons (Fsp3) is 0.417. The number of carbonyl (C=O) groups excluding carboxylic acids is 1. The Morgan fingerprint density at radius 1 is 1.38 bits per heavy atom. The van der Waals surface area contributed by atoms with Crippen LogP contribution in [0.25, 0.3) is 0 Å². The van der Waals surface area contributed by atoms with Gasteiger partial charge in [0.1, 0.15) is 6.61 Å². The zero-order valence-electron chi connectivity index (χ0n) is 10.00. The van der Waals surface area contributed by atoms with Crippen molar-refractivity contribution in [3.63, 3.8) is 0 Å². The highest BCUT2D eigenvalue weighted by atomic mass is 16.5. The minimum absolute atomic E-state index is 0.270. The van der Waals surface area contributed by atoms with Gasteiger partial charge in [0.25, 0.3) is 0 Å². The van der Waals surface area contributed by atoms with Crippen molar-refractivity contribution in [1.29, 1.82) is 0 Å². The van der Waals surface area contributed by atoms with Crippen LogP contribution in [0.1, 0.15) is 6.92 Å². The lowest BCUT2D eigenvalue weighted by Crippen LogP contribution is -2.13. The first-order chi connectivity index (χ1) is 7.59. The number of ether oxygens (including phenoxy) is 1. The molecular formula is C12H22N2O2. The van der Waals surface area contributed by atoms with Crippen LogP contribution in [-0.4, -0.2) is 32.2 Å². The molecule has 0 heterocycles. The minimum Gasteiger partial charge on any atom is -0.461 e. The molecule has 0 bridgehead atoms. The van der Waals surface area contributed by atoms with Crippen LogP contribution in [-0.2, 0) is 9.53 Å². The topological polar surface area (TPSA) is 64.3 Å². The lowest BCUT2D eigenvalue weighted by atomic mass is 10.4. The molecule has 0 aromatic carbocycles. The van der Waals surface area contributed by atoms with E-state index in [0.717, 1.165) is 13.1 Å². The number of esters is 1. The highest BCUT2D eigenvalue weighted by molar-refractivity contribution is 5.86. The summed E-state index contributed by atoms with van der Waals surface area (Å²) in [4.78, 5) is 10.5. The largest absolute Gasteiger partial charge is 0.461 e. The Bertz CT molecular complexity index is 217. The van der Waals surface area contributed by atoms with Gasteiger partial charge in [0.15, 0.2) is 0 Å². The van der Waals surface area contributed by atoms with Crippen molar-refractivity contribution in [2.45, 2.75) is 6.92 Å². The third-order valence-electron chi connectivity index (χ3n) is 1.28. The Balaban J connectivity index is 0. The maximum atomic E-state index is 10.5. The Morgan fingerprint density at radius 2 is 1.88 bits per heavy atom. The predicted molar refractivity (Wildman–Crippen MR) is 68.1 cm³/mol. The third kappa shape index (κ3) is 15.1. The number of carbonyl (C=O) groups is 1. The van der Waals surface area contributed by atoms with Crippen LogP contribution in [0.5, 0.6) is 0 Å². The van der Waals surface area contributed by atoms with E-state index in [4.69, 9.17) is 5.73 Å². The molecule has 0 aromatic rings. The van der Waals surface area contributed by atoms with E-state index < -0.39 is 0 Å². The van der Waals surface area contributed by atoms with E-state index in [1.807, 2.05) is 12.2 Å². The summed E-state index contributed by atoms with van der Waals surface area (Å²) >= 11 is 0. The van der Waals surface area contributed by atoms with Gasteiger partial charge in [-0.1, -0.05) is 18.7 Å². The van der Waals surface area contributed by atoms with Crippen molar-refractivity contribution in [3.8, 4) is 0 Å². The van der Waals surface area contributed by atoms with Crippen LogP contribution in [0.4, 0.5) is 0 Å². The first-order valence-corrected chi connectivity index (χ1v) is 5.05. The molecule has 0 saturated carbocycles. The van der Waals surface area contributed by atoms with Crippen LogP contribution in [0.2, 0.25) is 0 Å². The Morgan fingerprint density at radius 3 is 2.19 bits per heavy atom. The normalized spacial score (nSPS) is 8.38. The van der Waals surface area contributed by atoms with Gasteiger partial charge in [0, 0.05) is 25.2 Å². The highest BCUT2D eigenvalue weighted by Gasteiger charge is 1.99. The summed E-state index contributed by atoms with van der Waals surface area (Å²) in [6, 6.07) is 0. The fourth-order valence-corrected chi connectivity index (χ4v) is 0.562. The fourth-order valence-electron chi connectivity index (χ4n) is 0.562. The molecule has 0 atom stereocenters. The zero-order valence-corrected chi connectivity index (χ0v) is 10.00. The molecule has 0 saturated heterocycles. The molecule has 0 aliphatic heterocycles. The van der Waals surface area contributed by atoms with E-state index in [9.17, 15) is 4.79 Å². The summed E-state index contributed by atoms with van der Waals surface area (Å²) in [7, 11) is 0. The first-order valence-electron chi connectivity index (χ1n) is 5.05. The van der Waals surface area contributed by atoms with Crippen molar-refractivity contribution in [2.75, 3.05) is 26.2 Å².